The molecule has 0 amide bonds. The number of aromatic nitrogens is 2. The molecule has 0 aromatic carbocycles. The van der Waals surface area contributed by atoms with Crippen molar-refractivity contribution in [2.45, 2.75) is 39.3 Å². The fraction of sp³-hybridized carbons (Fsp3) is 0.750. The lowest BCUT2D eigenvalue weighted by molar-refractivity contribution is 0.179. The summed E-state index contributed by atoms with van der Waals surface area (Å²) in [6.45, 7) is 5.72. The number of anilines is 1. The lowest BCUT2D eigenvalue weighted by Gasteiger charge is -2.13. The number of nitrogens with zero attached hydrogens (tertiary/aromatic N) is 2. The van der Waals surface area contributed by atoms with Gasteiger partial charge in [0.05, 0.1) is 6.10 Å². The van der Waals surface area contributed by atoms with Crippen molar-refractivity contribution in [3.05, 3.63) is 5.01 Å². The van der Waals surface area contributed by atoms with E-state index in [2.05, 4.69) is 15.5 Å². The van der Waals surface area contributed by atoms with Gasteiger partial charge in [-0.3, -0.25) is 0 Å². The topological polar surface area (TPSA) is 58.0 Å². The number of nitrogens with one attached hydrogen (secondary N) is 1. The van der Waals surface area contributed by atoms with E-state index < -0.39 is 0 Å². The summed E-state index contributed by atoms with van der Waals surface area (Å²) in [6.07, 6.45) is 0.440. The zero-order valence-electron chi connectivity index (χ0n) is 8.11. The monoisotopic (exact) mass is 201 g/mol. The fourth-order valence-corrected chi connectivity index (χ4v) is 1.84. The summed E-state index contributed by atoms with van der Waals surface area (Å²) >= 11 is 1.53. The highest BCUT2D eigenvalue weighted by molar-refractivity contribution is 7.15. The molecule has 2 atom stereocenters. The van der Waals surface area contributed by atoms with Gasteiger partial charge in [0, 0.05) is 6.04 Å². The zero-order chi connectivity index (χ0) is 9.84. The van der Waals surface area contributed by atoms with Crippen molar-refractivity contribution in [1.82, 2.24) is 10.2 Å². The Kier molecular flexibility index (Phi) is 3.62. The minimum absolute atomic E-state index is 0.229. The van der Waals surface area contributed by atoms with Crippen LogP contribution in [0.25, 0.3) is 0 Å². The molecule has 4 nitrogen and oxygen atoms in total. The molecule has 2 N–H and O–H groups in total. The van der Waals surface area contributed by atoms with Gasteiger partial charge in [-0.25, -0.2) is 0 Å². The van der Waals surface area contributed by atoms with Crippen molar-refractivity contribution in [3.8, 4) is 0 Å². The average Bonchev–Trinajstić information content (AvgIpc) is 2.33. The van der Waals surface area contributed by atoms with Crippen LogP contribution in [-0.2, 0) is 0 Å². The van der Waals surface area contributed by atoms with Crippen molar-refractivity contribution in [1.29, 1.82) is 0 Å². The van der Waals surface area contributed by atoms with E-state index in [0.717, 1.165) is 16.6 Å². The second-order valence-electron chi connectivity index (χ2n) is 3.26. The van der Waals surface area contributed by atoms with Gasteiger partial charge in [0.25, 0.3) is 0 Å². The summed E-state index contributed by atoms with van der Waals surface area (Å²) in [5.74, 6) is 0. The van der Waals surface area contributed by atoms with E-state index in [1.807, 2.05) is 13.8 Å². The first-order valence-electron chi connectivity index (χ1n) is 4.32. The third-order valence-electron chi connectivity index (χ3n) is 1.59. The lowest BCUT2D eigenvalue weighted by Crippen LogP contribution is -2.20. The van der Waals surface area contributed by atoms with Gasteiger partial charge in [-0.15, -0.1) is 10.2 Å². The Hall–Kier alpha value is -0.680. The van der Waals surface area contributed by atoms with E-state index in [9.17, 15) is 0 Å². The first kappa shape index (κ1) is 10.4. The van der Waals surface area contributed by atoms with Crippen molar-refractivity contribution in [2.24, 2.45) is 0 Å². The molecule has 2 unspecified atom stereocenters. The number of rotatable bonds is 4. The van der Waals surface area contributed by atoms with E-state index in [0.29, 0.717) is 0 Å². The number of aliphatic hydroxyl groups is 1. The molecule has 0 aliphatic rings. The summed E-state index contributed by atoms with van der Waals surface area (Å²) < 4.78 is 0. The minimum atomic E-state index is -0.281. The Bertz CT molecular complexity index is 262. The third-order valence-corrected chi connectivity index (χ3v) is 2.36. The molecule has 0 bridgehead atoms. The van der Waals surface area contributed by atoms with Crippen LogP contribution < -0.4 is 5.32 Å². The van der Waals surface area contributed by atoms with Crippen LogP contribution in [0.1, 0.15) is 25.3 Å². The Labute approximate surface area is 82.0 Å². The standard InChI is InChI=1S/C8H15N3OS/c1-5(4-6(2)12)9-8-11-10-7(3)13-8/h5-6,12H,4H2,1-3H3,(H,9,11). The maximum Gasteiger partial charge on any atom is 0.205 e. The maximum atomic E-state index is 9.13. The van der Waals surface area contributed by atoms with Crippen LogP contribution in [0.15, 0.2) is 0 Å². The number of hydrogen-bond acceptors (Lipinski definition) is 5. The van der Waals surface area contributed by atoms with E-state index in [1.54, 1.807) is 6.92 Å². The highest BCUT2D eigenvalue weighted by Gasteiger charge is 2.07. The average molecular weight is 201 g/mol. The van der Waals surface area contributed by atoms with Gasteiger partial charge in [0.1, 0.15) is 5.01 Å². The molecule has 0 aliphatic carbocycles. The highest BCUT2D eigenvalue weighted by Crippen LogP contribution is 2.15. The Morgan fingerprint density at radius 3 is 2.62 bits per heavy atom. The largest absolute Gasteiger partial charge is 0.393 e. The number of aliphatic hydroxyl groups excluding tert-OH is 1. The van der Waals surface area contributed by atoms with Crippen molar-refractivity contribution in [3.63, 3.8) is 0 Å². The predicted octanol–water partition coefficient (Wildman–Crippen LogP) is 1.42. The molecule has 5 heteroatoms. The molecule has 0 saturated heterocycles. The minimum Gasteiger partial charge on any atom is -0.393 e. The van der Waals surface area contributed by atoms with Crippen LogP contribution in [0.5, 0.6) is 0 Å². The second-order valence-corrected chi connectivity index (χ2v) is 4.44. The molecule has 74 valence electrons. The van der Waals surface area contributed by atoms with Crippen molar-refractivity contribution < 1.29 is 5.11 Å². The first-order valence-corrected chi connectivity index (χ1v) is 5.14. The normalized spacial score (nSPS) is 15.4. The molecule has 0 radical (unpaired) electrons. The second kappa shape index (κ2) is 4.53. The van der Waals surface area contributed by atoms with Gasteiger partial charge in [-0.1, -0.05) is 11.3 Å². The highest BCUT2D eigenvalue weighted by atomic mass is 32.1. The third kappa shape index (κ3) is 3.69. The van der Waals surface area contributed by atoms with Crippen LogP contribution in [0.4, 0.5) is 5.13 Å². The van der Waals surface area contributed by atoms with Crippen LogP contribution in [0.2, 0.25) is 0 Å². The van der Waals surface area contributed by atoms with Crippen molar-refractivity contribution >= 4 is 16.5 Å². The van der Waals surface area contributed by atoms with Crippen molar-refractivity contribution in [2.75, 3.05) is 5.32 Å². The quantitative estimate of drug-likeness (QED) is 0.773. The number of aryl methyl sites for hydroxylation is 1. The summed E-state index contributed by atoms with van der Waals surface area (Å²) in [5, 5.41) is 21.9. The molecule has 1 rings (SSSR count). The van der Waals surface area contributed by atoms with Crippen LogP contribution in [0.3, 0.4) is 0 Å². The van der Waals surface area contributed by atoms with E-state index in [4.69, 9.17) is 5.11 Å². The Morgan fingerprint density at radius 2 is 2.15 bits per heavy atom. The van der Waals surface area contributed by atoms with E-state index in [-0.39, 0.29) is 12.1 Å². The lowest BCUT2D eigenvalue weighted by atomic mass is 10.2. The molecule has 1 aromatic rings. The van der Waals surface area contributed by atoms with E-state index >= 15 is 0 Å². The summed E-state index contributed by atoms with van der Waals surface area (Å²) in [6, 6.07) is 0.229. The Morgan fingerprint density at radius 1 is 1.46 bits per heavy atom. The predicted molar refractivity (Wildman–Crippen MR) is 54.0 cm³/mol. The SMILES string of the molecule is Cc1nnc(NC(C)CC(C)O)s1. The van der Waals surface area contributed by atoms with Gasteiger partial charge in [-0.2, -0.15) is 0 Å². The molecule has 1 aromatic heterocycles. The van der Waals surface area contributed by atoms with Crippen LogP contribution >= 0.6 is 11.3 Å². The molecule has 1 heterocycles. The number of hydrogen-bond donors (Lipinski definition) is 2. The first-order chi connectivity index (χ1) is 6.08. The van der Waals surface area contributed by atoms with Gasteiger partial charge in [0.2, 0.25) is 5.13 Å². The Balaban J connectivity index is 2.40. The molecule has 0 spiro atoms. The summed E-state index contributed by atoms with van der Waals surface area (Å²) in [7, 11) is 0. The van der Waals surface area contributed by atoms with Crippen LogP contribution in [0, 0.1) is 6.92 Å². The van der Waals surface area contributed by atoms with Gasteiger partial charge < -0.3 is 10.4 Å². The smallest absolute Gasteiger partial charge is 0.205 e. The molecule has 0 saturated carbocycles. The summed E-state index contributed by atoms with van der Waals surface area (Å²) in [4.78, 5) is 0. The van der Waals surface area contributed by atoms with Crippen LogP contribution in [-0.4, -0.2) is 27.4 Å². The van der Waals surface area contributed by atoms with E-state index in [1.165, 1.54) is 11.3 Å². The molecular formula is C8H15N3OS. The van der Waals surface area contributed by atoms with Gasteiger partial charge in [0.15, 0.2) is 0 Å². The maximum absolute atomic E-state index is 9.13. The summed E-state index contributed by atoms with van der Waals surface area (Å²) in [5.41, 5.74) is 0. The molecule has 13 heavy (non-hydrogen) atoms. The zero-order valence-corrected chi connectivity index (χ0v) is 8.93. The fourth-order valence-electron chi connectivity index (χ4n) is 1.14. The van der Waals surface area contributed by atoms with Gasteiger partial charge >= 0.3 is 0 Å². The molecule has 0 fully saturated rings. The molecular weight excluding hydrogens is 186 g/mol. The molecule has 0 aliphatic heterocycles. The van der Waals surface area contributed by atoms with Gasteiger partial charge in [-0.05, 0) is 27.2 Å².